The number of piperidine rings is 1. The first-order chi connectivity index (χ1) is 8.61. The van der Waals surface area contributed by atoms with Crippen LogP contribution in [-0.4, -0.2) is 33.8 Å². The number of aromatic nitrogens is 2. The van der Waals surface area contributed by atoms with E-state index in [1.807, 2.05) is 17.9 Å². The van der Waals surface area contributed by atoms with E-state index in [2.05, 4.69) is 30.0 Å². The first-order valence-electron chi connectivity index (χ1n) is 7.10. The van der Waals surface area contributed by atoms with Gasteiger partial charge in [-0.3, -0.25) is 9.58 Å². The molecule has 1 aliphatic heterocycles. The molecule has 2 rings (SSSR count). The van der Waals surface area contributed by atoms with Crippen LogP contribution >= 0.6 is 0 Å². The molecule has 0 bridgehead atoms. The van der Waals surface area contributed by atoms with Crippen LogP contribution in [0.25, 0.3) is 0 Å². The Balaban J connectivity index is 2.14. The van der Waals surface area contributed by atoms with Crippen molar-refractivity contribution in [3.8, 4) is 0 Å². The first kappa shape index (κ1) is 13.6. The zero-order chi connectivity index (χ0) is 13.1. The van der Waals surface area contributed by atoms with Crippen LogP contribution in [0.3, 0.4) is 0 Å². The molecule has 1 fully saturated rings. The number of hydrogen-bond donors (Lipinski definition) is 1. The van der Waals surface area contributed by atoms with Gasteiger partial charge in [0.15, 0.2) is 0 Å². The Kier molecular flexibility index (Phi) is 4.40. The minimum Gasteiger partial charge on any atom is -0.326 e. The fraction of sp³-hybridized carbons (Fsp3) is 0.786. The predicted octanol–water partition coefficient (Wildman–Crippen LogP) is 1.93. The summed E-state index contributed by atoms with van der Waals surface area (Å²) >= 11 is 0. The number of aryl methyl sites for hydroxylation is 1. The lowest BCUT2D eigenvalue weighted by Gasteiger charge is -2.39. The van der Waals surface area contributed by atoms with Gasteiger partial charge in [0.05, 0.1) is 12.2 Å². The van der Waals surface area contributed by atoms with Crippen LogP contribution < -0.4 is 5.73 Å². The summed E-state index contributed by atoms with van der Waals surface area (Å²) in [7, 11) is 1.97. The first-order valence-corrected chi connectivity index (χ1v) is 7.10. The zero-order valence-electron chi connectivity index (χ0n) is 11.8. The number of likely N-dealkylation sites (tertiary alicyclic amines) is 1. The predicted molar refractivity (Wildman–Crippen MR) is 74.2 cm³/mol. The molecule has 4 heteroatoms. The molecule has 1 aliphatic rings. The number of hydrogen-bond acceptors (Lipinski definition) is 3. The van der Waals surface area contributed by atoms with Crippen molar-refractivity contribution >= 4 is 0 Å². The van der Waals surface area contributed by atoms with E-state index in [-0.39, 0.29) is 6.04 Å². The number of rotatable bonds is 4. The third-order valence-electron chi connectivity index (χ3n) is 4.09. The van der Waals surface area contributed by atoms with Crippen molar-refractivity contribution in [2.75, 3.05) is 13.1 Å². The molecule has 0 aromatic carbocycles. The normalized spacial score (nSPS) is 25.0. The molecule has 1 aromatic heterocycles. The Morgan fingerprint density at radius 1 is 1.56 bits per heavy atom. The molecule has 4 nitrogen and oxygen atoms in total. The Hall–Kier alpha value is -0.870. The van der Waals surface area contributed by atoms with Gasteiger partial charge in [0.25, 0.3) is 0 Å². The van der Waals surface area contributed by atoms with Crippen LogP contribution in [0.15, 0.2) is 12.4 Å². The third-order valence-corrected chi connectivity index (χ3v) is 4.09. The van der Waals surface area contributed by atoms with Gasteiger partial charge in [-0.05, 0) is 32.2 Å². The van der Waals surface area contributed by atoms with E-state index >= 15 is 0 Å². The van der Waals surface area contributed by atoms with E-state index in [1.54, 1.807) is 0 Å². The fourth-order valence-electron chi connectivity index (χ4n) is 3.12. The van der Waals surface area contributed by atoms with E-state index in [1.165, 1.54) is 31.4 Å². The second-order valence-electron chi connectivity index (χ2n) is 5.66. The summed E-state index contributed by atoms with van der Waals surface area (Å²) in [6.07, 6.45) is 8.00. The highest BCUT2D eigenvalue weighted by molar-refractivity contribution is 5.13. The molecule has 102 valence electrons. The van der Waals surface area contributed by atoms with Crippen molar-refractivity contribution in [3.63, 3.8) is 0 Å². The summed E-state index contributed by atoms with van der Waals surface area (Å²) in [6, 6.07) is 0.456. The largest absolute Gasteiger partial charge is 0.326 e. The summed E-state index contributed by atoms with van der Waals surface area (Å²) in [6.45, 7) is 6.74. The summed E-state index contributed by atoms with van der Waals surface area (Å²) in [5.41, 5.74) is 7.47. The standard InChI is InChI=1S/C14H26N4/c1-4-12-6-5-7-18(9-12)14(11(2)15)13-8-16-17(3)10-13/h8,10-12,14H,4-7,9,15H2,1-3H3. The Labute approximate surface area is 110 Å². The minimum absolute atomic E-state index is 0.143. The second-order valence-corrected chi connectivity index (χ2v) is 5.66. The van der Waals surface area contributed by atoms with Crippen molar-refractivity contribution in [2.45, 2.75) is 45.2 Å². The van der Waals surface area contributed by atoms with E-state index in [0.717, 1.165) is 12.5 Å². The monoisotopic (exact) mass is 250 g/mol. The van der Waals surface area contributed by atoms with Gasteiger partial charge >= 0.3 is 0 Å². The van der Waals surface area contributed by atoms with Crippen LogP contribution in [-0.2, 0) is 7.05 Å². The average Bonchev–Trinajstić information content (AvgIpc) is 2.75. The van der Waals surface area contributed by atoms with Gasteiger partial charge in [0.1, 0.15) is 0 Å². The summed E-state index contributed by atoms with van der Waals surface area (Å²) in [4.78, 5) is 2.55. The van der Waals surface area contributed by atoms with E-state index < -0.39 is 0 Å². The molecule has 0 saturated carbocycles. The van der Waals surface area contributed by atoms with Crippen LogP contribution in [0.2, 0.25) is 0 Å². The molecule has 3 unspecified atom stereocenters. The minimum atomic E-state index is 0.143. The van der Waals surface area contributed by atoms with Crippen molar-refractivity contribution in [1.82, 2.24) is 14.7 Å². The van der Waals surface area contributed by atoms with E-state index in [4.69, 9.17) is 5.73 Å². The molecule has 0 radical (unpaired) electrons. The SMILES string of the molecule is CCC1CCCN(C(c2cnn(C)c2)C(C)N)C1. The topological polar surface area (TPSA) is 47.1 Å². The molecule has 0 spiro atoms. The quantitative estimate of drug-likeness (QED) is 0.888. The molecule has 2 N–H and O–H groups in total. The lowest BCUT2D eigenvalue weighted by atomic mass is 9.92. The van der Waals surface area contributed by atoms with Crippen LogP contribution in [0.5, 0.6) is 0 Å². The average molecular weight is 250 g/mol. The molecular formula is C14H26N4. The van der Waals surface area contributed by atoms with Gasteiger partial charge in [0, 0.05) is 31.4 Å². The molecule has 2 heterocycles. The van der Waals surface area contributed by atoms with Crippen LogP contribution in [0.4, 0.5) is 0 Å². The van der Waals surface area contributed by atoms with Crippen molar-refractivity contribution < 1.29 is 0 Å². The maximum Gasteiger partial charge on any atom is 0.0538 e. The Morgan fingerprint density at radius 2 is 2.33 bits per heavy atom. The zero-order valence-corrected chi connectivity index (χ0v) is 11.8. The van der Waals surface area contributed by atoms with Gasteiger partial charge in [-0.15, -0.1) is 0 Å². The lowest BCUT2D eigenvalue weighted by molar-refractivity contribution is 0.108. The van der Waals surface area contributed by atoms with Gasteiger partial charge in [-0.2, -0.15) is 5.10 Å². The van der Waals surface area contributed by atoms with Gasteiger partial charge in [-0.25, -0.2) is 0 Å². The Bertz CT molecular complexity index is 372. The van der Waals surface area contributed by atoms with E-state index in [9.17, 15) is 0 Å². The van der Waals surface area contributed by atoms with Gasteiger partial charge in [0.2, 0.25) is 0 Å². The smallest absolute Gasteiger partial charge is 0.0538 e. The highest BCUT2D eigenvalue weighted by Gasteiger charge is 2.29. The molecule has 0 amide bonds. The van der Waals surface area contributed by atoms with Gasteiger partial charge in [-0.1, -0.05) is 13.3 Å². The fourth-order valence-corrected chi connectivity index (χ4v) is 3.12. The number of nitrogens with two attached hydrogens (primary N) is 1. The van der Waals surface area contributed by atoms with Crippen LogP contribution in [0, 0.1) is 5.92 Å². The molecule has 1 aromatic rings. The van der Waals surface area contributed by atoms with Gasteiger partial charge < -0.3 is 5.73 Å². The maximum atomic E-state index is 6.22. The van der Waals surface area contributed by atoms with Crippen molar-refractivity contribution in [2.24, 2.45) is 18.7 Å². The van der Waals surface area contributed by atoms with Crippen molar-refractivity contribution in [3.05, 3.63) is 18.0 Å². The van der Waals surface area contributed by atoms with E-state index in [0.29, 0.717) is 6.04 Å². The lowest BCUT2D eigenvalue weighted by Crippen LogP contribution is -2.44. The molecular weight excluding hydrogens is 224 g/mol. The second kappa shape index (κ2) is 5.85. The third kappa shape index (κ3) is 2.93. The molecule has 18 heavy (non-hydrogen) atoms. The molecule has 0 aliphatic carbocycles. The van der Waals surface area contributed by atoms with Crippen LogP contribution in [0.1, 0.15) is 44.7 Å². The number of nitrogens with zero attached hydrogens (tertiary/aromatic N) is 3. The summed E-state index contributed by atoms with van der Waals surface area (Å²) in [5.74, 6) is 0.830. The highest BCUT2D eigenvalue weighted by Crippen LogP contribution is 2.29. The maximum absolute atomic E-state index is 6.22. The highest BCUT2D eigenvalue weighted by atomic mass is 15.3. The van der Waals surface area contributed by atoms with Crippen molar-refractivity contribution in [1.29, 1.82) is 0 Å². The Morgan fingerprint density at radius 3 is 2.89 bits per heavy atom. The molecule has 3 atom stereocenters. The molecule has 1 saturated heterocycles. The summed E-state index contributed by atoms with van der Waals surface area (Å²) < 4.78 is 1.87. The summed E-state index contributed by atoms with van der Waals surface area (Å²) in [5, 5.41) is 4.29.